The van der Waals surface area contributed by atoms with Crippen molar-refractivity contribution in [1.29, 1.82) is 0 Å². The van der Waals surface area contributed by atoms with Crippen LogP contribution in [-0.2, 0) is 0 Å². The van der Waals surface area contributed by atoms with E-state index in [9.17, 15) is 0 Å². The topological polar surface area (TPSA) is 24.5 Å². The minimum atomic E-state index is 0. The van der Waals surface area contributed by atoms with Crippen LogP contribution in [0.5, 0.6) is 5.75 Å². The SMILES string of the molecule is COc1cccc(C(C)N2CCNCC2)c1.Cl.Cl. The van der Waals surface area contributed by atoms with Gasteiger partial charge >= 0.3 is 0 Å². The molecular formula is C13H22Cl2N2O. The molecule has 5 heteroatoms. The van der Waals surface area contributed by atoms with E-state index in [-0.39, 0.29) is 24.8 Å². The fourth-order valence-corrected chi connectivity index (χ4v) is 2.18. The van der Waals surface area contributed by atoms with E-state index in [1.807, 2.05) is 6.07 Å². The number of benzene rings is 1. The molecule has 3 nitrogen and oxygen atoms in total. The van der Waals surface area contributed by atoms with Crippen molar-refractivity contribution < 1.29 is 4.74 Å². The van der Waals surface area contributed by atoms with Crippen LogP contribution in [0.2, 0.25) is 0 Å². The van der Waals surface area contributed by atoms with E-state index < -0.39 is 0 Å². The predicted octanol–water partition coefficient (Wildman–Crippen LogP) is 2.51. The third-order valence-electron chi connectivity index (χ3n) is 3.28. The fraction of sp³-hybridized carbons (Fsp3) is 0.538. The molecule has 1 unspecified atom stereocenters. The molecule has 1 heterocycles. The smallest absolute Gasteiger partial charge is 0.119 e. The average molecular weight is 293 g/mol. The summed E-state index contributed by atoms with van der Waals surface area (Å²) in [5.41, 5.74) is 1.33. The lowest BCUT2D eigenvalue weighted by Gasteiger charge is -2.33. The summed E-state index contributed by atoms with van der Waals surface area (Å²) in [4.78, 5) is 2.51. The van der Waals surface area contributed by atoms with Crippen LogP contribution in [0.15, 0.2) is 24.3 Å². The van der Waals surface area contributed by atoms with Crippen molar-refractivity contribution in [1.82, 2.24) is 10.2 Å². The summed E-state index contributed by atoms with van der Waals surface area (Å²) < 4.78 is 5.26. The molecule has 0 radical (unpaired) electrons. The predicted molar refractivity (Wildman–Crippen MR) is 80.3 cm³/mol. The molecule has 18 heavy (non-hydrogen) atoms. The first-order valence-corrected chi connectivity index (χ1v) is 5.90. The average Bonchev–Trinajstić information content (AvgIpc) is 2.39. The summed E-state index contributed by atoms with van der Waals surface area (Å²) in [6.07, 6.45) is 0. The van der Waals surface area contributed by atoms with Crippen LogP contribution in [0.3, 0.4) is 0 Å². The Morgan fingerprint density at radius 3 is 2.50 bits per heavy atom. The van der Waals surface area contributed by atoms with Gasteiger partial charge in [-0.15, -0.1) is 24.8 Å². The second-order valence-corrected chi connectivity index (χ2v) is 4.24. The highest BCUT2D eigenvalue weighted by atomic mass is 35.5. The molecule has 1 N–H and O–H groups in total. The summed E-state index contributed by atoms with van der Waals surface area (Å²) in [6, 6.07) is 8.83. The lowest BCUT2D eigenvalue weighted by molar-refractivity contribution is 0.185. The van der Waals surface area contributed by atoms with Crippen LogP contribution in [0.4, 0.5) is 0 Å². The molecule has 0 aromatic heterocycles. The summed E-state index contributed by atoms with van der Waals surface area (Å²) in [5.74, 6) is 0.944. The number of nitrogens with zero attached hydrogens (tertiary/aromatic N) is 1. The summed E-state index contributed by atoms with van der Waals surface area (Å²) >= 11 is 0. The van der Waals surface area contributed by atoms with Gasteiger partial charge in [0.05, 0.1) is 7.11 Å². The number of rotatable bonds is 3. The summed E-state index contributed by atoms with van der Waals surface area (Å²) in [6.45, 7) is 6.69. The van der Waals surface area contributed by atoms with Crippen molar-refractivity contribution in [2.75, 3.05) is 33.3 Å². The second-order valence-electron chi connectivity index (χ2n) is 4.24. The maximum Gasteiger partial charge on any atom is 0.119 e. The largest absolute Gasteiger partial charge is 0.497 e. The molecule has 0 saturated carbocycles. The van der Waals surface area contributed by atoms with Gasteiger partial charge in [0.15, 0.2) is 0 Å². The molecule has 1 atom stereocenters. The Kier molecular flexibility index (Phi) is 8.36. The van der Waals surface area contributed by atoms with Gasteiger partial charge in [0.25, 0.3) is 0 Å². The third kappa shape index (κ3) is 4.32. The van der Waals surface area contributed by atoms with E-state index in [1.54, 1.807) is 7.11 Å². The first-order chi connectivity index (χ1) is 7.81. The van der Waals surface area contributed by atoms with Crippen molar-refractivity contribution >= 4 is 24.8 Å². The number of piperazine rings is 1. The summed E-state index contributed by atoms with van der Waals surface area (Å²) in [5, 5.41) is 3.38. The first-order valence-electron chi connectivity index (χ1n) is 5.90. The maximum absolute atomic E-state index is 5.26. The van der Waals surface area contributed by atoms with Crippen LogP contribution < -0.4 is 10.1 Å². The Labute approximate surface area is 122 Å². The van der Waals surface area contributed by atoms with Gasteiger partial charge in [-0.1, -0.05) is 12.1 Å². The lowest BCUT2D eigenvalue weighted by atomic mass is 10.1. The molecule has 1 aromatic carbocycles. The zero-order valence-electron chi connectivity index (χ0n) is 10.9. The maximum atomic E-state index is 5.26. The molecular weight excluding hydrogens is 271 g/mol. The number of ether oxygens (including phenoxy) is 1. The molecule has 1 aromatic rings. The van der Waals surface area contributed by atoms with Crippen LogP contribution in [0, 0.1) is 0 Å². The molecule has 0 amide bonds. The Bertz CT molecular complexity index is 344. The number of halogens is 2. The Balaban J connectivity index is 0.00000144. The number of hydrogen-bond donors (Lipinski definition) is 1. The van der Waals surface area contributed by atoms with Crippen molar-refractivity contribution in [3.63, 3.8) is 0 Å². The van der Waals surface area contributed by atoms with Crippen molar-refractivity contribution in [2.45, 2.75) is 13.0 Å². The number of methoxy groups -OCH3 is 1. The van der Waals surface area contributed by atoms with Crippen LogP contribution in [0.25, 0.3) is 0 Å². The quantitative estimate of drug-likeness (QED) is 0.926. The normalized spacial score (nSPS) is 17.2. The van der Waals surface area contributed by atoms with Crippen LogP contribution in [-0.4, -0.2) is 38.2 Å². The Hall–Kier alpha value is -0.480. The van der Waals surface area contributed by atoms with E-state index in [1.165, 1.54) is 5.56 Å². The number of hydrogen-bond acceptors (Lipinski definition) is 3. The molecule has 1 aliphatic rings. The van der Waals surface area contributed by atoms with E-state index >= 15 is 0 Å². The molecule has 0 spiro atoms. The van der Waals surface area contributed by atoms with Gasteiger partial charge in [-0.2, -0.15) is 0 Å². The molecule has 1 fully saturated rings. The molecule has 0 bridgehead atoms. The van der Waals surface area contributed by atoms with Crippen LogP contribution >= 0.6 is 24.8 Å². The highest BCUT2D eigenvalue weighted by Crippen LogP contribution is 2.23. The summed E-state index contributed by atoms with van der Waals surface area (Å²) in [7, 11) is 1.72. The first kappa shape index (κ1) is 17.5. The molecule has 1 aliphatic heterocycles. The molecule has 0 aliphatic carbocycles. The highest BCUT2D eigenvalue weighted by Gasteiger charge is 2.17. The van der Waals surface area contributed by atoms with E-state index in [4.69, 9.17) is 4.74 Å². The standard InChI is InChI=1S/C13H20N2O.2ClH/c1-11(15-8-6-14-7-9-15)12-4-3-5-13(10-12)16-2;;/h3-5,10-11,14H,6-9H2,1-2H3;2*1H. The second kappa shape index (κ2) is 8.59. The minimum absolute atomic E-state index is 0. The van der Waals surface area contributed by atoms with Gasteiger partial charge in [-0.25, -0.2) is 0 Å². The fourth-order valence-electron chi connectivity index (χ4n) is 2.18. The highest BCUT2D eigenvalue weighted by molar-refractivity contribution is 5.85. The zero-order valence-corrected chi connectivity index (χ0v) is 12.5. The lowest BCUT2D eigenvalue weighted by Crippen LogP contribution is -2.44. The van der Waals surface area contributed by atoms with Gasteiger partial charge < -0.3 is 10.1 Å². The van der Waals surface area contributed by atoms with Gasteiger partial charge in [0, 0.05) is 32.2 Å². The van der Waals surface area contributed by atoms with Gasteiger partial charge in [0.2, 0.25) is 0 Å². The Morgan fingerprint density at radius 2 is 1.89 bits per heavy atom. The van der Waals surface area contributed by atoms with Gasteiger partial charge in [-0.3, -0.25) is 4.90 Å². The minimum Gasteiger partial charge on any atom is -0.497 e. The van der Waals surface area contributed by atoms with Gasteiger partial charge in [0.1, 0.15) is 5.75 Å². The van der Waals surface area contributed by atoms with Crippen LogP contribution in [0.1, 0.15) is 18.5 Å². The van der Waals surface area contributed by atoms with Gasteiger partial charge in [-0.05, 0) is 24.6 Å². The van der Waals surface area contributed by atoms with E-state index in [0.29, 0.717) is 6.04 Å². The van der Waals surface area contributed by atoms with E-state index in [0.717, 1.165) is 31.9 Å². The zero-order chi connectivity index (χ0) is 11.4. The monoisotopic (exact) mass is 292 g/mol. The van der Waals surface area contributed by atoms with Crippen molar-refractivity contribution in [3.05, 3.63) is 29.8 Å². The number of nitrogens with one attached hydrogen (secondary N) is 1. The van der Waals surface area contributed by atoms with E-state index in [2.05, 4.69) is 35.3 Å². The van der Waals surface area contributed by atoms with Crippen molar-refractivity contribution in [2.24, 2.45) is 0 Å². The molecule has 1 saturated heterocycles. The Morgan fingerprint density at radius 1 is 1.22 bits per heavy atom. The molecule has 2 rings (SSSR count). The third-order valence-corrected chi connectivity index (χ3v) is 3.28. The van der Waals surface area contributed by atoms with Crippen molar-refractivity contribution in [3.8, 4) is 5.75 Å². The molecule has 104 valence electrons.